The average molecular weight is 1190 g/mol. The van der Waals surface area contributed by atoms with Gasteiger partial charge in [0, 0.05) is 38.7 Å². The molecule has 0 saturated heterocycles. The van der Waals surface area contributed by atoms with Crippen LogP contribution in [0.4, 0.5) is 22.7 Å². The molecule has 92 heavy (non-hydrogen) atoms. The molecule has 4 saturated carbocycles. The first-order chi connectivity index (χ1) is 45.1. The van der Waals surface area contributed by atoms with E-state index in [1.54, 1.807) is 0 Å². The lowest BCUT2D eigenvalue weighted by molar-refractivity contribution is -0.0398. The molecule has 4 fully saturated rings. The average Bonchev–Trinajstić information content (AvgIpc) is 1.48. The van der Waals surface area contributed by atoms with Crippen molar-refractivity contribution in [1.82, 2.24) is 0 Å². The summed E-state index contributed by atoms with van der Waals surface area (Å²) in [7, 11) is 0. The van der Waals surface area contributed by atoms with Gasteiger partial charge in [0.1, 0.15) is 22.3 Å². The molecular weight excluding hydrogens is 1120 g/mol. The maximum absolute atomic E-state index is 7.78. The van der Waals surface area contributed by atoms with Gasteiger partial charge in [-0.15, -0.1) is 0 Å². The topological polar surface area (TPSA) is 32.8 Å². The molecule has 2 aromatic heterocycles. The Bertz CT molecular complexity index is 4710. The molecule has 5 aliphatic carbocycles. The smallest absolute Gasteiger partial charge is 0.145 e. The predicted molar refractivity (Wildman–Crippen MR) is 382 cm³/mol. The number of anilines is 4. The van der Waals surface area contributed by atoms with Crippen LogP contribution in [-0.4, -0.2) is 0 Å². The van der Waals surface area contributed by atoms with Crippen LogP contribution in [0, 0.1) is 23.7 Å². The van der Waals surface area contributed by atoms with Gasteiger partial charge >= 0.3 is 0 Å². The van der Waals surface area contributed by atoms with Crippen LogP contribution < -0.4 is 9.80 Å². The molecule has 1 spiro atoms. The summed E-state index contributed by atoms with van der Waals surface area (Å²) < 4.78 is 15.6. The molecule has 4 bridgehead atoms. The number of para-hydroxylation sites is 2. The summed E-state index contributed by atoms with van der Waals surface area (Å²) >= 11 is 0. The number of benzene rings is 12. The fourth-order valence-electron chi connectivity index (χ4n) is 18.4. The van der Waals surface area contributed by atoms with Gasteiger partial charge in [-0.1, -0.05) is 218 Å². The zero-order valence-electron chi connectivity index (χ0n) is 52.6. The van der Waals surface area contributed by atoms with Crippen LogP contribution in [0.2, 0.25) is 0 Å². The standard InChI is InChI=1S/C88H72N2O2/c1-86(2,66-35-19-9-20-36-66)89(70-50-62(58-27-11-5-12-28-58)48-63(51-70)59-29-13-6-14-30-59)76-54-74-82(84-80(76)72-39-23-25-41-78(72)91-84)83-75(88(74)68-44-56-43-57(46-68)47-69(88)45-56)55-77(81-73-40-24-26-42-79(73)92-85(81)83)90(87(3,4)67-37-21-10-22-38-67)71-52-64(60-31-15-7-16-32-60)49-65(53-71)61-33-17-8-18-34-61/h5-42,48-57,68-69H,43-47H2,1-4H3. The molecule has 4 heteroatoms. The van der Waals surface area contributed by atoms with Crippen LogP contribution in [0.15, 0.2) is 288 Å². The van der Waals surface area contributed by atoms with E-state index >= 15 is 0 Å². The molecule has 0 N–H and O–H groups in total. The van der Waals surface area contributed by atoms with E-state index in [9.17, 15) is 0 Å². The Kier molecular flexibility index (Phi) is 12.5. The highest BCUT2D eigenvalue weighted by atomic mass is 16.3. The molecule has 446 valence electrons. The second kappa shape index (κ2) is 20.9. The van der Waals surface area contributed by atoms with E-state index in [1.165, 1.54) is 110 Å². The fraction of sp³-hybridized carbons (Fsp3) is 0.182. The fourth-order valence-corrected chi connectivity index (χ4v) is 18.4. The van der Waals surface area contributed by atoms with Crippen molar-refractivity contribution >= 4 is 66.6 Å². The predicted octanol–water partition coefficient (Wildman–Crippen LogP) is 24.0. The molecule has 5 aliphatic rings. The molecule has 0 amide bonds. The quantitative estimate of drug-likeness (QED) is 0.122. The molecule has 2 heterocycles. The van der Waals surface area contributed by atoms with E-state index < -0.39 is 11.1 Å². The first-order valence-electron chi connectivity index (χ1n) is 33.3. The van der Waals surface area contributed by atoms with Gasteiger partial charge < -0.3 is 18.6 Å². The number of nitrogens with zero attached hydrogens (tertiary/aromatic N) is 2. The monoisotopic (exact) mass is 1190 g/mol. The molecule has 4 nitrogen and oxygen atoms in total. The van der Waals surface area contributed by atoms with E-state index in [4.69, 9.17) is 8.83 Å². The zero-order chi connectivity index (χ0) is 61.5. The van der Waals surface area contributed by atoms with Crippen molar-refractivity contribution in [2.24, 2.45) is 23.7 Å². The number of hydrogen-bond donors (Lipinski definition) is 0. The van der Waals surface area contributed by atoms with Gasteiger partial charge in [-0.25, -0.2) is 0 Å². The van der Waals surface area contributed by atoms with Gasteiger partial charge in [-0.05, 0) is 211 Å². The van der Waals surface area contributed by atoms with E-state index in [0.717, 1.165) is 66.6 Å². The second-order valence-electron chi connectivity index (χ2n) is 27.9. The van der Waals surface area contributed by atoms with Crippen LogP contribution in [0.1, 0.15) is 82.1 Å². The lowest BCUT2D eigenvalue weighted by atomic mass is 9.43. The van der Waals surface area contributed by atoms with Crippen molar-refractivity contribution in [3.63, 3.8) is 0 Å². The van der Waals surface area contributed by atoms with Gasteiger partial charge in [0.15, 0.2) is 0 Å². The lowest BCUT2D eigenvalue weighted by Gasteiger charge is -2.61. The van der Waals surface area contributed by atoms with Crippen molar-refractivity contribution in [1.29, 1.82) is 0 Å². The minimum atomic E-state index is -0.595. The van der Waals surface area contributed by atoms with Crippen molar-refractivity contribution in [3.05, 3.63) is 301 Å². The van der Waals surface area contributed by atoms with Crippen molar-refractivity contribution in [3.8, 4) is 55.6 Å². The van der Waals surface area contributed by atoms with E-state index in [0.29, 0.717) is 23.7 Å². The minimum absolute atomic E-state index is 0.380. The number of hydrogen-bond acceptors (Lipinski definition) is 4. The highest BCUT2D eigenvalue weighted by molar-refractivity contribution is 6.24. The summed E-state index contributed by atoms with van der Waals surface area (Å²) in [4.78, 5) is 5.41. The Morgan fingerprint density at radius 1 is 0.326 bits per heavy atom. The summed E-state index contributed by atoms with van der Waals surface area (Å²) in [6.45, 7) is 9.71. The highest BCUT2D eigenvalue weighted by Crippen LogP contribution is 2.73. The SMILES string of the molecule is CC(C)(c1ccccc1)N(c1cc(-c2ccccc2)cc(-c2ccccc2)c1)c1cc2c(c3oc4ccccc4c13)-c1c(cc(N(c3cc(-c4ccccc4)cc(-c4ccccc4)c3)C(C)(C)c3ccccc3)c3c1oc1ccccc13)C21C2CC3CC(C2)CC1C3. The summed E-state index contributed by atoms with van der Waals surface area (Å²) in [6.07, 6.45) is 6.13. The lowest BCUT2D eigenvalue weighted by Crippen LogP contribution is -2.55. The maximum atomic E-state index is 7.78. The molecule has 0 unspecified atom stereocenters. The molecule has 0 atom stereocenters. The maximum Gasteiger partial charge on any atom is 0.145 e. The largest absolute Gasteiger partial charge is 0.455 e. The third-order valence-electron chi connectivity index (χ3n) is 22.2. The summed E-state index contributed by atoms with van der Waals surface area (Å²) in [5.41, 5.74) is 23.6. The van der Waals surface area contributed by atoms with Crippen LogP contribution in [0.25, 0.3) is 99.5 Å². The van der Waals surface area contributed by atoms with Gasteiger partial charge in [-0.3, -0.25) is 0 Å². The Morgan fingerprint density at radius 3 is 0.967 bits per heavy atom. The molecule has 12 aromatic carbocycles. The Morgan fingerprint density at radius 2 is 0.630 bits per heavy atom. The van der Waals surface area contributed by atoms with Gasteiger partial charge in [-0.2, -0.15) is 0 Å². The number of fused-ring (bicyclic) bond motifs is 11. The minimum Gasteiger partial charge on any atom is -0.455 e. The van der Waals surface area contributed by atoms with E-state index in [1.807, 2.05) is 0 Å². The van der Waals surface area contributed by atoms with Crippen molar-refractivity contribution in [2.75, 3.05) is 9.80 Å². The molecule has 0 radical (unpaired) electrons. The van der Waals surface area contributed by atoms with E-state index in [-0.39, 0.29) is 5.41 Å². The summed E-state index contributed by atoms with van der Waals surface area (Å²) in [5, 5.41) is 4.44. The highest BCUT2D eigenvalue weighted by Gasteiger charge is 2.63. The third kappa shape index (κ3) is 8.35. The van der Waals surface area contributed by atoms with E-state index in [2.05, 4.69) is 317 Å². The molecule has 0 aliphatic heterocycles. The molecule has 19 rings (SSSR count). The van der Waals surface area contributed by atoms with Crippen molar-refractivity contribution in [2.45, 2.75) is 76.3 Å². The Labute approximate surface area is 539 Å². The number of furan rings is 2. The number of rotatable bonds is 12. The van der Waals surface area contributed by atoms with Crippen LogP contribution in [0.5, 0.6) is 0 Å². The summed E-state index contributed by atoms with van der Waals surface area (Å²) in [6, 6.07) is 104. The second-order valence-corrected chi connectivity index (χ2v) is 27.9. The first kappa shape index (κ1) is 54.7. The Hall–Kier alpha value is -10.2. The van der Waals surface area contributed by atoms with Gasteiger partial charge in [0.25, 0.3) is 0 Å². The zero-order valence-corrected chi connectivity index (χ0v) is 52.6. The Balaban J connectivity index is 0.986. The van der Waals surface area contributed by atoms with Crippen molar-refractivity contribution < 1.29 is 8.83 Å². The normalized spacial score (nSPS) is 17.9. The molecule has 14 aromatic rings. The van der Waals surface area contributed by atoms with Crippen LogP contribution in [0.3, 0.4) is 0 Å². The van der Waals surface area contributed by atoms with Gasteiger partial charge in [0.2, 0.25) is 0 Å². The molecular formula is C88H72N2O2. The van der Waals surface area contributed by atoms with Crippen LogP contribution >= 0.6 is 0 Å². The van der Waals surface area contributed by atoms with Crippen LogP contribution in [-0.2, 0) is 16.5 Å². The summed E-state index contributed by atoms with van der Waals surface area (Å²) in [5.74, 6) is 2.20. The van der Waals surface area contributed by atoms with Gasteiger partial charge in [0.05, 0.1) is 33.2 Å². The third-order valence-corrected chi connectivity index (χ3v) is 22.2. The first-order valence-corrected chi connectivity index (χ1v) is 33.3.